The van der Waals surface area contributed by atoms with Crippen molar-refractivity contribution in [2.45, 2.75) is 0 Å². The number of hydrogen-bond donors (Lipinski definition) is 1. The van der Waals surface area contributed by atoms with Crippen LogP contribution in [0.25, 0.3) is 21.8 Å². The maximum absolute atomic E-state index is 11.6. The largest absolute Gasteiger partial charge is 0.506 e. The van der Waals surface area contributed by atoms with Crippen LogP contribution in [0.2, 0.25) is 0 Å². The number of benzene rings is 2. The molecule has 2 aromatic carbocycles. The van der Waals surface area contributed by atoms with Crippen LogP contribution in [0.3, 0.4) is 0 Å². The maximum atomic E-state index is 11.6. The number of rotatable bonds is 4. The number of ether oxygens (including phenoxy) is 1. The number of carbonyl (C=O) groups is 2. The Balaban J connectivity index is 1.84. The van der Waals surface area contributed by atoms with Crippen LogP contribution in [0.15, 0.2) is 54.9 Å². The molecule has 0 atom stereocenters. The lowest BCUT2D eigenvalue weighted by Gasteiger charge is -2.11. The third kappa shape index (κ3) is 2.53. The summed E-state index contributed by atoms with van der Waals surface area (Å²) in [6, 6.07) is 12.0. The van der Waals surface area contributed by atoms with Gasteiger partial charge in [0.1, 0.15) is 17.2 Å². The molecule has 0 bridgehead atoms. The van der Waals surface area contributed by atoms with Gasteiger partial charge in [-0.2, -0.15) is 0 Å². The van der Waals surface area contributed by atoms with Gasteiger partial charge in [0.2, 0.25) is 0 Å². The minimum atomic E-state index is -0.199. The molecule has 0 unspecified atom stereocenters. The van der Waals surface area contributed by atoms with E-state index in [0.717, 1.165) is 6.29 Å². The second-order valence-electron chi connectivity index (χ2n) is 5.62. The zero-order valence-corrected chi connectivity index (χ0v) is 13.4. The summed E-state index contributed by atoms with van der Waals surface area (Å²) in [5, 5.41) is 11.0. The van der Waals surface area contributed by atoms with Crippen molar-refractivity contribution < 1.29 is 19.4 Å². The highest BCUT2D eigenvalue weighted by Crippen LogP contribution is 2.32. The molecule has 0 amide bonds. The second kappa shape index (κ2) is 6.25. The van der Waals surface area contributed by atoms with Gasteiger partial charge in [-0.05, 0) is 36.4 Å². The van der Waals surface area contributed by atoms with Crippen LogP contribution in [0.5, 0.6) is 17.2 Å². The highest BCUT2D eigenvalue weighted by atomic mass is 16.5. The lowest BCUT2D eigenvalue weighted by Crippen LogP contribution is -1.94. The van der Waals surface area contributed by atoms with Crippen LogP contribution in [0, 0.1) is 0 Å². The van der Waals surface area contributed by atoms with Crippen LogP contribution >= 0.6 is 0 Å². The molecule has 2 aromatic heterocycles. The van der Waals surface area contributed by atoms with E-state index in [1.165, 1.54) is 6.20 Å². The van der Waals surface area contributed by atoms with Crippen LogP contribution in [0.4, 0.5) is 0 Å². The molecule has 0 fully saturated rings. The van der Waals surface area contributed by atoms with Crippen molar-refractivity contribution in [1.82, 2.24) is 9.97 Å². The Kier molecular flexibility index (Phi) is 3.78. The van der Waals surface area contributed by atoms with E-state index in [9.17, 15) is 14.7 Å². The van der Waals surface area contributed by atoms with Crippen molar-refractivity contribution in [2.75, 3.05) is 0 Å². The van der Waals surface area contributed by atoms with Gasteiger partial charge in [-0.25, -0.2) is 0 Å². The van der Waals surface area contributed by atoms with E-state index in [1.807, 2.05) is 0 Å². The number of nitrogens with zero attached hydrogens (tertiary/aromatic N) is 2. The van der Waals surface area contributed by atoms with Crippen molar-refractivity contribution in [2.24, 2.45) is 0 Å². The van der Waals surface area contributed by atoms with E-state index >= 15 is 0 Å². The Morgan fingerprint density at radius 1 is 0.885 bits per heavy atom. The Hall–Kier alpha value is -3.80. The van der Waals surface area contributed by atoms with Gasteiger partial charge >= 0.3 is 0 Å². The molecule has 0 spiro atoms. The second-order valence-corrected chi connectivity index (χ2v) is 5.62. The summed E-state index contributed by atoms with van der Waals surface area (Å²) >= 11 is 0. The van der Waals surface area contributed by atoms with Gasteiger partial charge in [-0.15, -0.1) is 0 Å². The van der Waals surface area contributed by atoms with E-state index < -0.39 is 0 Å². The molecule has 0 saturated heterocycles. The van der Waals surface area contributed by atoms with Gasteiger partial charge in [0.25, 0.3) is 0 Å². The minimum Gasteiger partial charge on any atom is -0.506 e. The lowest BCUT2D eigenvalue weighted by molar-refractivity contribution is 0.111. The number of fused-ring (bicyclic) bond motifs is 2. The molecular weight excluding hydrogens is 332 g/mol. The molecular formula is C20H12N2O4. The summed E-state index contributed by atoms with van der Waals surface area (Å²) in [7, 11) is 0. The third-order valence-corrected chi connectivity index (χ3v) is 4.11. The maximum Gasteiger partial charge on any atom is 0.154 e. The summed E-state index contributed by atoms with van der Waals surface area (Å²) in [5.74, 6) is 0.593. The van der Waals surface area contributed by atoms with Crippen molar-refractivity contribution in [1.29, 1.82) is 0 Å². The Bertz CT molecular complexity index is 1170. The normalized spacial score (nSPS) is 10.8. The molecule has 0 saturated carbocycles. The topological polar surface area (TPSA) is 89.4 Å². The first kappa shape index (κ1) is 15.7. The molecule has 0 radical (unpaired) electrons. The molecule has 0 aliphatic heterocycles. The number of aromatic hydroxyl groups is 1. The fourth-order valence-electron chi connectivity index (χ4n) is 2.86. The monoisotopic (exact) mass is 344 g/mol. The van der Waals surface area contributed by atoms with Crippen molar-refractivity contribution in [3.63, 3.8) is 0 Å². The van der Waals surface area contributed by atoms with Gasteiger partial charge in [-0.1, -0.05) is 6.07 Å². The first-order chi connectivity index (χ1) is 12.7. The van der Waals surface area contributed by atoms with Gasteiger partial charge in [0, 0.05) is 17.0 Å². The van der Waals surface area contributed by atoms with E-state index in [0.29, 0.717) is 45.2 Å². The van der Waals surface area contributed by atoms with E-state index in [2.05, 4.69) is 9.97 Å². The third-order valence-electron chi connectivity index (χ3n) is 4.11. The molecule has 126 valence electrons. The summed E-state index contributed by atoms with van der Waals surface area (Å²) in [4.78, 5) is 31.2. The Morgan fingerprint density at radius 2 is 1.65 bits per heavy atom. The molecule has 1 N–H and O–H groups in total. The van der Waals surface area contributed by atoms with Crippen molar-refractivity contribution >= 4 is 34.4 Å². The van der Waals surface area contributed by atoms with E-state index in [4.69, 9.17) is 4.74 Å². The van der Waals surface area contributed by atoms with Gasteiger partial charge < -0.3 is 9.84 Å². The van der Waals surface area contributed by atoms with Crippen LogP contribution < -0.4 is 4.74 Å². The quantitative estimate of drug-likeness (QED) is 0.565. The molecule has 6 heteroatoms. The zero-order valence-electron chi connectivity index (χ0n) is 13.4. The smallest absolute Gasteiger partial charge is 0.154 e. The summed E-state index contributed by atoms with van der Waals surface area (Å²) < 4.78 is 5.87. The molecule has 0 aliphatic carbocycles. The fraction of sp³-hybridized carbons (Fsp3) is 0. The highest BCUT2D eigenvalue weighted by Gasteiger charge is 2.12. The molecule has 4 aromatic rings. The van der Waals surface area contributed by atoms with Gasteiger partial charge in [-0.3, -0.25) is 19.6 Å². The molecule has 2 heterocycles. The highest BCUT2D eigenvalue weighted by molar-refractivity contribution is 6.00. The fourth-order valence-corrected chi connectivity index (χ4v) is 2.86. The minimum absolute atomic E-state index is 0.138. The predicted molar refractivity (Wildman–Crippen MR) is 96.0 cm³/mol. The summed E-state index contributed by atoms with van der Waals surface area (Å²) in [6.07, 6.45) is 4.18. The first-order valence-electron chi connectivity index (χ1n) is 7.79. The molecule has 26 heavy (non-hydrogen) atoms. The van der Waals surface area contributed by atoms with Crippen LogP contribution in [0.1, 0.15) is 20.7 Å². The van der Waals surface area contributed by atoms with Gasteiger partial charge in [0.15, 0.2) is 12.6 Å². The molecule has 0 aliphatic rings. The SMILES string of the molecule is O=Cc1c(O)cnc2ccc(Oc3ccc4ncccc4c3C=O)cc12. The standard InChI is InChI=1S/C20H12N2O4/c23-10-15-14-8-12(3-4-18(14)22-9-19(15)25)26-20-6-5-17-13(16(20)11-24)2-1-7-21-17/h1-11,25H. The van der Waals surface area contributed by atoms with Gasteiger partial charge in [0.05, 0.1) is 28.4 Å². The number of pyridine rings is 2. The lowest BCUT2D eigenvalue weighted by atomic mass is 10.1. The van der Waals surface area contributed by atoms with Crippen molar-refractivity contribution in [3.05, 3.63) is 66.0 Å². The average Bonchev–Trinajstić information content (AvgIpc) is 2.67. The Morgan fingerprint density at radius 3 is 2.46 bits per heavy atom. The first-order valence-corrected chi connectivity index (χ1v) is 7.79. The molecule has 6 nitrogen and oxygen atoms in total. The van der Waals surface area contributed by atoms with E-state index in [-0.39, 0.29) is 11.3 Å². The zero-order chi connectivity index (χ0) is 18.1. The van der Waals surface area contributed by atoms with Crippen LogP contribution in [-0.4, -0.2) is 27.6 Å². The number of carbonyl (C=O) groups excluding carboxylic acids is 2. The number of hydrogen-bond acceptors (Lipinski definition) is 6. The molecule has 4 rings (SSSR count). The summed E-state index contributed by atoms with van der Waals surface area (Å²) in [5.41, 5.74) is 1.77. The average molecular weight is 344 g/mol. The van der Waals surface area contributed by atoms with E-state index in [1.54, 1.807) is 48.7 Å². The predicted octanol–water partition coefficient (Wildman–Crippen LogP) is 3.91. The number of aldehydes is 2. The van der Waals surface area contributed by atoms with Crippen LogP contribution in [-0.2, 0) is 0 Å². The number of aromatic nitrogens is 2. The Labute approximate surface area is 147 Å². The van der Waals surface area contributed by atoms with Crippen molar-refractivity contribution in [3.8, 4) is 17.2 Å². The summed E-state index contributed by atoms with van der Waals surface area (Å²) in [6.45, 7) is 0.